The lowest BCUT2D eigenvalue weighted by Gasteiger charge is -2.57. The molecule has 0 N–H and O–H groups in total. The number of carbonyl (C=O) groups is 1. The highest BCUT2D eigenvalue weighted by Gasteiger charge is 2.52. The predicted octanol–water partition coefficient (Wildman–Crippen LogP) is 4.05. The Hall–Kier alpha value is -1.30. The first-order chi connectivity index (χ1) is 11.0. The van der Waals surface area contributed by atoms with Crippen LogP contribution >= 0.6 is 0 Å². The number of likely N-dealkylation sites (N-methyl/N-ethyl adjacent to an activating group) is 1. The van der Waals surface area contributed by atoms with Crippen LogP contribution in [0.15, 0.2) is 11.6 Å². The molecule has 0 aromatic heterocycles. The van der Waals surface area contributed by atoms with Crippen LogP contribution in [0.5, 0.6) is 0 Å². The van der Waals surface area contributed by atoms with E-state index in [-0.39, 0.29) is 5.91 Å². The number of hydrogen-bond donors (Lipinski definition) is 0. The van der Waals surface area contributed by atoms with Crippen LogP contribution in [-0.2, 0) is 4.79 Å². The van der Waals surface area contributed by atoms with Gasteiger partial charge in [-0.1, -0.05) is 5.57 Å². The Balaban J connectivity index is 1.54. The molecule has 4 bridgehead atoms. The molecule has 124 valence electrons. The van der Waals surface area contributed by atoms with Gasteiger partial charge in [-0.2, -0.15) is 5.26 Å². The highest BCUT2D eigenvalue weighted by Crippen LogP contribution is 2.62. The lowest BCUT2D eigenvalue weighted by molar-refractivity contribution is -0.131. The average Bonchev–Trinajstić information content (AvgIpc) is 2.45. The summed E-state index contributed by atoms with van der Waals surface area (Å²) in [6.07, 6.45) is 12.8. The largest absolute Gasteiger partial charge is 0.323 e. The van der Waals surface area contributed by atoms with Gasteiger partial charge in [0.2, 0.25) is 5.91 Å². The van der Waals surface area contributed by atoms with E-state index in [1.807, 2.05) is 13.1 Å². The van der Waals surface area contributed by atoms with E-state index in [0.717, 1.165) is 37.0 Å². The second-order valence-electron chi connectivity index (χ2n) is 8.92. The molecule has 5 aliphatic carbocycles. The van der Waals surface area contributed by atoms with Crippen LogP contribution in [-0.4, -0.2) is 23.4 Å². The molecule has 0 saturated heterocycles. The van der Waals surface area contributed by atoms with Gasteiger partial charge in [0.25, 0.3) is 0 Å². The van der Waals surface area contributed by atoms with Gasteiger partial charge in [-0.25, -0.2) is 0 Å². The standard InChI is InChI=1S/C20H28N2O/c1-14(6-18(23)22(2)20(13-21)4-3-5-20)19-10-15-7-16(11-19)9-17(8-15)12-19/h6,15-17H,3-5,7-12H2,1-2H3/b14-6-. The molecule has 0 atom stereocenters. The fourth-order valence-corrected chi connectivity index (χ4v) is 6.27. The molecule has 0 heterocycles. The first kappa shape index (κ1) is 15.2. The van der Waals surface area contributed by atoms with E-state index in [1.165, 1.54) is 44.1 Å². The summed E-state index contributed by atoms with van der Waals surface area (Å²) in [7, 11) is 1.81. The number of rotatable bonds is 3. The molecule has 0 radical (unpaired) electrons. The number of allylic oxidation sites excluding steroid dienone is 1. The quantitative estimate of drug-likeness (QED) is 0.738. The smallest absolute Gasteiger partial charge is 0.247 e. The van der Waals surface area contributed by atoms with Crippen molar-refractivity contribution in [3.8, 4) is 6.07 Å². The van der Waals surface area contributed by atoms with Gasteiger partial charge in [0.15, 0.2) is 0 Å². The second-order valence-corrected chi connectivity index (χ2v) is 8.92. The number of nitriles is 1. The molecule has 3 heteroatoms. The fraction of sp³-hybridized carbons (Fsp3) is 0.800. The monoisotopic (exact) mass is 312 g/mol. The normalized spacial score (nSPS) is 40.4. The number of amides is 1. The molecular formula is C20H28N2O. The molecule has 1 amide bonds. The van der Waals surface area contributed by atoms with E-state index in [4.69, 9.17) is 0 Å². The molecular weight excluding hydrogens is 284 g/mol. The molecule has 3 nitrogen and oxygen atoms in total. The van der Waals surface area contributed by atoms with Crippen molar-refractivity contribution in [3.05, 3.63) is 11.6 Å². The zero-order valence-electron chi connectivity index (χ0n) is 14.5. The summed E-state index contributed by atoms with van der Waals surface area (Å²) >= 11 is 0. The molecule has 5 aliphatic rings. The summed E-state index contributed by atoms with van der Waals surface area (Å²) in [6.45, 7) is 2.18. The van der Waals surface area contributed by atoms with Crippen molar-refractivity contribution in [1.82, 2.24) is 4.90 Å². The zero-order chi connectivity index (χ0) is 16.2. The highest BCUT2D eigenvalue weighted by molar-refractivity contribution is 5.89. The van der Waals surface area contributed by atoms with Gasteiger partial charge in [0, 0.05) is 13.1 Å². The molecule has 23 heavy (non-hydrogen) atoms. The van der Waals surface area contributed by atoms with Crippen molar-refractivity contribution < 1.29 is 4.79 Å². The van der Waals surface area contributed by atoms with Gasteiger partial charge in [-0.05, 0) is 87.9 Å². The van der Waals surface area contributed by atoms with E-state index >= 15 is 0 Å². The maximum Gasteiger partial charge on any atom is 0.247 e. The number of carbonyl (C=O) groups excluding carboxylic acids is 1. The van der Waals surface area contributed by atoms with Crippen LogP contribution in [0.2, 0.25) is 0 Å². The summed E-state index contributed by atoms with van der Waals surface area (Å²) in [5.41, 5.74) is 1.06. The minimum absolute atomic E-state index is 0.0412. The van der Waals surface area contributed by atoms with Crippen molar-refractivity contribution in [2.45, 2.75) is 70.3 Å². The SMILES string of the molecule is C/C(=C/C(=O)N(C)C1(C#N)CCC1)C12CC3CC(CC(C3)C1)C2. The average molecular weight is 312 g/mol. The Bertz CT molecular complexity index is 558. The molecule has 0 aromatic carbocycles. The van der Waals surface area contributed by atoms with Crippen LogP contribution in [0, 0.1) is 34.5 Å². The number of hydrogen-bond acceptors (Lipinski definition) is 2. The Morgan fingerprint density at radius 1 is 1.13 bits per heavy atom. The van der Waals surface area contributed by atoms with Crippen LogP contribution in [0.25, 0.3) is 0 Å². The Labute approximate surface area is 139 Å². The molecule has 5 rings (SSSR count). The summed E-state index contributed by atoms with van der Waals surface area (Å²) in [6, 6.07) is 2.38. The third-order valence-corrected chi connectivity index (χ3v) is 7.58. The lowest BCUT2D eigenvalue weighted by Crippen LogP contribution is -2.53. The van der Waals surface area contributed by atoms with Crippen molar-refractivity contribution in [3.63, 3.8) is 0 Å². The van der Waals surface area contributed by atoms with E-state index in [9.17, 15) is 10.1 Å². The molecule has 0 spiro atoms. The van der Waals surface area contributed by atoms with Crippen LogP contribution < -0.4 is 0 Å². The van der Waals surface area contributed by atoms with Gasteiger partial charge in [0.05, 0.1) is 6.07 Å². The summed E-state index contributed by atoms with van der Waals surface area (Å²) in [5.74, 6) is 2.73. The molecule has 5 saturated carbocycles. The lowest BCUT2D eigenvalue weighted by atomic mass is 9.48. The third kappa shape index (κ3) is 2.25. The van der Waals surface area contributed by atoms with E-state index < -0.39 is 5.54 Å². The van der Waals surface area contributed by atoms with Crippen molar-refractivity contribution in [2.75, 3.05) is 7.05 Å². The Morgan fingerprint density at radius 3 is 2.04 bits per heavy atom. The van der Waals surface area contributed by atoms with Crippen molar-refractivity contribution in [2.24, 2.45) is 23.2 Å². The molecule has 0 aliphatic heterocycles. The minimum atomic E-state index is -0.532. The molecule has 0 unspecified atom stereocenters. The first-order valence-electron chi connectivity index (χ1n) is 9.34. The van der Waals surface area contributed by atoms with E-state index in [0.29, 0.717) is 5.41 Å². The first-order valence-corrected chi connectivity index (χ1v) is 9.34. The van der Waals surface area contributed by atoms with E-state index in [1.54, 1.807) is 4.90 Å². The third-order valence-electron chi connectivity index (χ3n) is 7.58. The van der Waals surface area contributed by atoms with Crippen LogP contribution in [0.3, 0.4) is 0 Å². The summed E-state index contributed by atoms with van der Waals surface area (Å²) in [4.78, 5) is 14.5. The highest BCUT2D eigenvalue weighted by atomic mass is 16.2. The zero-order valence-corrected chi connectivity index (χ0v) is 14.5. The Morgan fingerprint density at radius 2 is 1.65 bits per heavy atom. The van der Waals surface area contributed by atoms with Crippen LogP contribution in [0.4, 0.5) is 0 Å². The Kier molecular flexibility index (Phi) is 3.38. The number of nitrogens with zero attached hydrogens (tertiary/aromatic N) is 2. The van der Waals surface area contributed by atoms with Gasteiger partial charge < -0.3 is 4.90 Å². The van der Waals surface area contributed by atoms with E-state index in [2.05, 4.69) is 13.0 Å². The van der Waals surface area contributed by atoms with Crippen molar-refractivity contribution >= 4 is 5.91 Å². The maximum absolute atomic E-state index is 12.7. The minimum Gasteiger partial charge on any atom is -0.323 e. The second kappa shape index (κ2) is 5.10. The molecule has 0 aromatic rings. The van der Waals surface area contributed by atoms with Crippen molar-refractivity contribution in [1.29, 1.82) is 5.26 Å². The fourth-order valence-electron chi connectivity index (χ4n) is 6.27. The topological polar surface area (TPSA) is 44.1 Å². The van der Waals surface area contributed by atoms with Gasteiger partial charge in [-0.3, -0.25) is 4.79 Å². The summed E-state index contributed by atoms with van der Waals surface area (Å²) < 4.78 is 0. The van der Waals surface area contributed by atoms with Gasteiger partial charge in [0.1, 0.15) is 5.54 Å². The summed E-state index contributed by atoms with van der Waals surface area (Å²) in [5, 5.41) is 9.46. The predicted molar refractivity (Wildman–Crippen MR) is 89.3 cm³/mol. The maximum atomic E-state index is 12.7. The molecule has 5 fully saturated rings. The van der Waals surface area contributed by atoms with Crippen LogP contribution in [0.1, 0.15) is 64.7 Å². The van der Waals surface area contributed by atoms with Gasteiger partial charge >= 0.3 is 0 Å². The van der Waals surface area contributed by atoms with Gasteiger partial charge in [-0.15, -0.1) is 0 Å².